The molecule has 94 valence electrons. The van der Waals surface area contributed by atoms with E-state index in [0.717, 1.165) is 9.37 Å². The number of rotatable bonds is 5. The highest BCUT2D eigenvalue weighted by Gasteiger charge is 2.19. The molecular formula is C10H14BrN3O2S. The lowest BCUT2D eigenvalue weighted by Gasteiger charge is -2.14. The Morgan fingerprint density at radius 3 is 2.88 bits per heavy atom. The van der Waals surface area contributed by atoms with Gasteiger partial charge in [0.1, 0.15) is 5.25 Å². The summed E-state index contributed by atoms with van der Waals surface area (Å²) >= 11 is 4.75. The maximum atomic E-state index is 11.5. The Kier molecular flexibility index (Phi) is 5.76. The fourth-order valence-corrected chi connectivity index (χ4v) is 2.85. The van der Waals surface area contributed by atoms with Crippen molar-refractivity contribution in [2.75, 3.05) is 19.5 Å². The SMILES string of the molecule is COCC(Sc1ccc(N)cc1Br)C(=O)NN. The van der Waals surface area contributed by atoms with E-state index in [2.05, 4.69) is 21.4 Å². The molecule has 1 aromatic rings. The van der Waals surface area contributed by atoms with Crippen molar-refractivity contribution in [2.24, 2.45) is 5.84 Å². The van der Waals surface area contributed by atoms with Gasteiger partial charge in [-0.25, -0.2) is 5.84 Å². The Morgan fingerprint density at radius 2 is 2.35 bits per heavy atom. The summed E-state index contributed by atoms with van der Waals surface area (Å²) in [5, 5.41) is -0.398. The first-order valence-corrected chi connectivity index (χ1v) is 6.46. The molecule has 1 rings (SSSR count). The number of nitrogens with one attached hydrogen (secondary N) is 1. The van der Waals surface area contributed by atoms with Crippen LogP contribution in [0.4, 0.5) is 5.69 Å². The van der Waals surface area contributed by atoms with Gasteiger partial charge in [0.15, 0.2) is 0 Å². The van der Waals surface area contributed by atoms with E-state index in [1.54, 1.807) is 12.1 Å². The Hall–Kier alpha value is -0.760. The van der Waals surface area contributed by atoms with E-state index < -0.39 is 5.25 Å². The van der Waals surface area contributed by atoms with Crippen molar-refractivity contribution in [3.63, 3.8) is 0 Å². The second-order valence-electron chi connectivity index (χ2n) is 3.26. The van der Waals surface area contributed by atoms with Gasteiger partial charge in [-0.2, -0.15) is 0 Å². The highest BCUT2D eigenvalue weighted by molar-refractivity contribution is 9.10. The number of carbonyl (C=O) groups excluding carboxylic acids is 1. The molecule has 1 unspecified atom stereocenters. The van der Waals surface area contributed by atoms with Crippen molar-refractivity contribution in [3.05, 3.63) is 22.7 Å². The van der Waals surface area contributed by atoms with E-state index in [1.807, 2.05) is 6.07 Å². The third kappa shape index (κ3) is 4.19. The van der Waals surface area contributed by atoms with E-state index in [4.69, 9.17) is 16.3 Å². The number of ether oxygens (including phenoxy) is 1. The standard InChI is InChI=1S/C10H14BrN3O2S/c1-16-5-9(10(15)14-13)17-8-3-2-6(12)4-7(8)11/h2-4,9H,5,12-13H2,1H3,(H,14,15). The van der Waals surface area contributed by atoms with E-state index in [-0.39, 0.29) is 12.5 Å². The molecule has 5 N–H and O–H groups in total. The lowest BCUT2D eigenvalue weighted by atomic mass is 10.3. The number of carbonyl (C=O) groups is 1. The zero-order valence-electron chi connectivity index (χ0n) is 9.27. The van der Waals surface area contributed by atoms with Crippen LogP contribution in [0.2, 0.25) is 0 Å². The van der Waals surface area contributed by atoms with Gasteiger partial charge in [-0.15, -0.1) is 11.8 Å². The van der Waals surface area contributed by atoms with Gasteiger partial charge in [-0.1, -0.05) is 0 Å². The third-order valence-electron chi connectivity index (χ3n) is 1.98. The molecule has 1 aromatic carbocycles. The number of thioether (sulfide) groups is 1. The van der Waals surface area contributed by atoms with Crippen LogP contribution >= 0.6 is 27.7 Å². The molecule has 0 aliphatic carbocycles. The number of amides is 1. The second-order valence-corrected chi connectivity index (χ2v) is 5.36. The highest BCUT2D eigenvalue weighted by atomic mass is 79.9. The minimum absolute atomic E-state index is 0.277. The minimum atomic E-state index is -0.398. The smallest absolute Gasteiger partial charge is 0.249 e. The Bertz CT molecular complexity index is 403. The molecule has 0 radical (unpaired) electrons. The fourth-order valence-electron chi connectivity index (χ4n) is 1.17. The summed E-state index contributed by atoms with van der Waals surface area (Å²) in [6, 6.07) is 5.40. The van der Waals surface area contributed by atoms with Gasteiger partial charge < -0.3 is 10.5 Å². The number of hydrazine groups is 1. The molecule has 7 heteroatoms. The molecule has 0 spiro atoms. The largest absolute Gasteiger partial charge is 0.399 e. The fraction of sp³-hybridized carbons (Fsp3) is 0.300. The molecule has 0 saturated carbocycles. The third-order valence-corrected chi connectivity index (χ3v) is 4.14. The molecule has 0 bridgehead atoms. The van der Waals surface area contributed by atoms with E-state index in [0.29, 0.717) is 5.69 Å². The quantitative estimate of drug-likeness (QED) is 0.249. The van der Waals surface area contributed by atoms with Crippen LogP contribution < -0.4 is 17.0 Å². The summed E-state index contributed by atoms with van der Waals surface area (Å²) in [5.41, 5.74) is 8.42. The number of hydrogen-bond acceptors (Lipinski definition) is 5. The molecule has 0 aromatic heterocycles. The molecule has 0 aliphatic heterocycles. The van der Waals surface area contributed by atoms with Crippen molar-refractivity contribution in [1.82, 2.24) is 5.43 Å². The maximum Gasteiger partial charge on any atom is 0.249 e. The van der Waals surface area contributed by atoms with Crippen LogP contribution in [-0.2, 0) is 9.53 Å². The molecule has 5 nitrogen and oxygen atoms in total. The molecule has 0 fully saturated rings. The highest BCUT2D eigenvalue weighted by Crippen LogP contribution is 2.32. The predicted molar refractivity (Wildman–Crippen MR) is 72.4 cm³/mol. The van der Waals surface area contributed by atoms with Gasteiger partial charge >= 0.3 is 0 Å². The van der Waals surface area contributed by atoms with Crippen molar-refractivity contribution >= 4 is 39.3 Å². The normalized spacial score (nSPS) is 12.2. The molecular weight excluding hydrogens is 306 g/mol. The van der Waals surface area contributed by atoms with Crippen LogP contribution in [0.1, 0.15) is 0 Å². The number of anilines is 1. The average Bonchev–Trinajstić information content (AvgIpc) is 2.30. The van der Waals surface area contributed by atoms with Gasteiger partial charge in [0.2, 0.25) is 5.91 Å². The van der Waals surface area contributed by atoms with Gasteiger partial charge in [-0.05, 0) is 34.1 Å². The number of halogens is 1. The van der Waals surface area contributed by atoms with E-state index in [9.17, 15) is 4.79 Å². The van der Waals surface area contributed by atoms with Crippen LogP contribution in [0.5, 0.6) is 0 Å². The Morgan fingerprint density at radius 1 is 1.65 bits per heavy atom. The molecule has 1 amide bonds. The predicted octanol–water partition coefficient (Wildman–Crippen LogP) is 1.13. The van der Waals surface area contributed by atoms with Crippen molar-refractivity contribution < 1.29 is 9.53 Å². The number of hydrogen-bond donors (Lipinski definition) is 3. The summed E-state index contributed by atoms with van der Waals surface area (Å²) in [4.78, 5) is 12.4. The summed E-state index contributed by atoms with van der Waals surface area (Å²) < 4.78 is 5.83. The zero-order valence-corrected chi connectivity index (χ0v) is 11.7. The summed E-state index contributed by atoms with van der Waals surface area (Å²) in [6.07, 6.45) is 0. The molecule has 17 heavy (non-hydrogen) atoms. The van der Waals surface area contributed by atoms with E-state index in [1.165, 1.54) is 18.9 Å². The summed E-state index contributed by atoms with van der Waals surface area (Å²) in [7, 11) is 1.54. The van der Waals surface area contributed by atoms with Crippen LogP contribution in [0.15, 0.2) is 27.6 Å². The summed E-state index contributed by atoms with van der Waals surface area (Å²) in [5.74, 6) is 4.84. The second kappa shape index (κ2) is 6.85. The molecule has 0 saturated heterocycles. The van der Waals surface area contributed by atoms with Gasteiger partial charge in [-0.3, -0.25) is 10.2 Å². The molecule has 0 heterocycles. The number of benzene rings is 1. The van der Waals surface area contributed by atoms with Crippen molar-refractivity contribution in [1.29, 1.82) is 0 Å². The van der Waals surface area contributed by atoms with Crippen LogP contribution in [0.3, 0.4) is 0 Å². The number of methoxy groups -OCH3 is 1. The van der Waals surface area contributed by atoms with Crippen LogP contribution in [0.25, 0.3) is 0 Å². The molecule has 1 atom stereocenters. The number of nitrogens with two attached hydrogens (primary N) is 2. The zero-order chi connectivity index (χ0) is 12.8. The number of nitrogen functional groups attached to an aromatic ring is 1. The maximum absolute atomic E-state index is 11.5. The Balaban J connectivity index is 2.82. The van der Waals surface area contributed by atoms with Crippen LogP contribution in [0, 0.1) is 0 Å². The minimum Gasteiger partial charge on any atom is -0.399 e. The summed E-state index contributed by atoms with van der Waals surface area (Å²) in [6.45, 7) is 0.282. The Labute approximate surface area is 112 Å². The first kappa shape index (κ1) is 14.3. The van der Waals surface area contributed by atoms with Gasteiger partial charge in [0, 0.05) is 22.2 Å². The van der Waals surface area contributed by atoms with Crippen molar-refractivity contribution in [3.8, 4) is 0 Å². The van der Waals surface area contributed by atoms with Gasteiger partial charge in [0.05, 0.1) is 6.61 Å². The monoisotopic (exact) mass is 319 g/mol. The molecule has 0 aliphatic rings. The average molecular weight is 320 g/mol. The first-order valence-electron chi connectivity index (χ1n) is 4.79. The van der Waals surface area contributed by atoms with Crippen LogP contribution in [-0.4, -0.2) is 24.9 Å². The lowest BCUT2D eigenvalue weighted by Crippen LogP contribution is -2.39. The van der Waals surface area contributed by atoms with E-state index >= 15 is 0 Å². The van der Waals surface area contributed by atoms with Crippen molar-refractivity contribution in [2.45, 2.75) is 10.1 Å². The first-order chi connectivity index (χ1) is 8.08. The lowest BCUT2D eigenvalue weighted by molar-refractivity contribution is -0.121. The van der Waals surface area contributed by atoms with Gasteiger partial charge in [0.25, 0.3) is 0 Å². The topological polar surface area (TPSA) is 90.4 Å².